The van der Waals surface area contributed by atoms with Crippen molar-refractivity contribution in [1.29, 1.82) is 0 Å². The van der Waals surface area contributed by atoms with Crippen LogP contribution in [0.25, 0.3) is 0 Å². The maximum absolute atomic E-state index is 12.6. The number of piperidine rings is 1. The van der Waals surface area contributed by atoms with E-state index in [1.54, 1.807) is 12.3 Å². The van der Waals surface area contributed by atoms with Crippen LogP contribution in [0.3, 0.4) is 0 Å². The van der Waals surface area contributed by atoms with Crippen LogP contribution in [-0.2, 0) is 16.6 Å². The predicted octanol–water partition coefficient (Wildman–Crippen LogP) is 1.71. The molecule has 1 aromatic heterocycles. The van der Waals surface area contributed by atoms with Gasteiger partial charge in [0, 0.05) is 38.4 Å². The number of nitrogens with zero attached hydrogens (tertiary/aromatic N) is 3. The van der Waals surface area contributed by atoms with E-state index in [1.807, 2.05) is 13.0 Å². The van der Waals surface area contributed by atoms with Crippen LogP contribution in [0.2, 0.25) is 0 Å². The maximum Gasteiger partial charge on any atom is 0.511 e. The van der Waals surface area contributed by atoms with Crippen molar-refractivity contribution in [2.45, 2.75) is 31.8 Å². The van der Waals surface area contributed by atoms with Crippen molar-refractivity contribution in [2.75, 3.05) is 33.3 Å². The Kier molecular flexibility index (Phi) is 8.08. The summed E-state index contributed by atoms with van der Waals surface area (Å²) in [5.41, 5.74) is -4.35. The molecule has 0 amide bonds. The maximum atomic E-state index is 12.6. The molecule has 1 aromatic rings. The third kappa shape index (κ3) is 6.46. The van der Waals surface area contributed by atoms with Crippen LogP contribution in [0.5, 0.6) is 5.88 Å². The van der Waals surface area contributed by atoms with Crippen molar-refractivity contribution in [2.24, 2.45) is 10.9 Å². The molecule has 12 heteroatoms. The number of aromatic nitrogens is 1. The molecule has 0 saturated carbocycles. The normalized spacial score (nSPS) is 17.2. The molecule has 29 heavy (non-hydrogen) atoms. The van der Waals surface area contributed by atoms with E-state index in [0.717, 1.165) is 5.56 Å². The SMILES string of the molecule is CCNC(=NCc1ccc(OC)nc1)NCC1CCN(S(=O)(=O)C(F)(F)F)CC1. The van der Waals surface area contributed by atoms with Crippen molar-refractivity contribution >= 4 is 16.0 Å². The highest BCUT2D eigenvalue weighted by Crippen LogP contribution is 2.30. The van der Waals surface area contributed by atoms with E-state index in [4.69, 9.17) is 4.74 Å². The number of alkyl halides is 3. The summed E-state index contributed by atoms with van der Waals surface area (Å²) in [7, 11) is -3.71. The fraction of sp³-hybridized carbons (Fsp3) is 0.647. The molecule has 2 N–H and O–H groups in total. The minimum Gasteiger partial charge on any atom is -0.481 e. The second kappa shape index (κ2) is 10.1. The first-order chi connectivity index (χ1) is 13.7. The number of guanidine groups is 1. The van der Waals surface area contributed by atoms with Crippen molar-refractivity contribution in [3.05, 3.63) is 23.9 Å². The summed E-state index contributed by atoms with van der Waals surface area (Å²) in [5, 5.41) is 6.28. The van der Waals surface area contributed by atoms with Gasteiger partial charge < -0.3 is 15.4 Å². The van der Waals surface area contributed by atoms with Crippen LogP contribution >= 0.6 is 0 Å². The van der Waals surface area contributed by atoms with E-state index in [-0.39, 0.29) is 19.0 Å². The van der Waals surface area contributed by atoms with Crippen LogP contribution < -0.4 is 15.4 Å². The molecule has 0 aliphatic carbocycles. The van der Waals surface area contributed by atoms with Gasteiger partial charge in [0.1, 0.15) is 0 Å². The van der Waals surface area contributed by atoms with Gasteiger partial charge in [-0.3, -0.25) is 0 Å². The molecule has 1 saturated heterocycles. The summed E-state index contributed by atoms with van der Waals surface area (Å²) in [6.45, 7) is 3.18. The van der Waals surface area contributed by atoms with Gasteiger partial charge in [0.15, 0.2) is 5.96 Å². The number of rotatable bonds is 7. The van der Waals surface area contributed by atoms with Crippen LogP contribution in [0, 0.1) is 5.92 Å². The second-order valence-electron chi connectivity index (χ2n) is 6.58. The van der Waals surface area contributed by atoms with Crippen molar-refractivity contribution in [3.63, 3.8) is 0 Å². The molecule has 164 valence electrons. The monoisotopic (exact) mass is 437 g/mol. The molecule has 1 fully saturated rings. The Hall–Kier alpha value is -2.08. The Morgan fingerprint density at radius 3 is 2.52 bits per heavy atom. The Morgan fingerprint density at radius 2 is 2.00 bits per heavy atom. The summed E-state index contributed by atoms with van der Waals surface area (Å²) in [6.07, 6.45) is 2.37. The topological polar surface area (TPSA) is 95.9 Å². The summed E-state index contributed by atoms with van der Waals surface area (Å²) in [5.74, 6) is 1.15. The molecule has 0 unspecified atom stereocenters. The van der Waals surface area contributed by atoms with Crippen molar-refractivity contribution in [3.8, 4) is 5.88 Å². The van der Waals surface area contributed by atoms with Gasteiger partial charge in [0.25, 0.3) is 0 Å². The zero-order valence-electron chi connectivity index (χ0n) is 16.4. The minimum atomic E-state index is -5.25. The number of halogens is 3. The minimum absolute atomic E-state index is 0.0567. The first-order valence-corrected chi connectivity index (χ1v) is 10.7. The average molecular weight is 437 g/mol. The number of sulfonamides is 1. The van der Waals surface area contributed by atoms with Gasteiger partial charge in [-0.1, -0.05) is 6.07 Å². The van der Waals surface area contributed by atoms with E-state index in [9.17, 15) is 21.6 Å². The Bertz CT molecular complexity index is 776. The summed E-state index contributed by atoms with van der Waals surface area (Å²) < 4.78 is 66.4. The standard InChI is InChI=1S/C17H26F3N5O3S/c1-3-21-16(24-12-14-4-5-15(28-2)22-11-14)23-10-13-6-8-25(9-7-13)29(26,27)17(18,19)20/h4-5,11,13H,3,6-10,12H2,1-2H3,(H2,21,23,24). The lowest BCUT2D eigenvalue weighted by atomic mass is 9.98. The van der Waals surface area contributed by atoms with Crippen molar-refractivity contribution < 1.29 is 26.3 Å². The van der Waals surface area contributed by atoms with Gasteiger partial charge in [-0.25, -0.2) is 18.4 Å². The molecule has 0 bridgehead atoms. The molecule has 2 rings (SSSR count). The Morgan fingerprint density at radius 1 is 1.31 bits per heavy atom. The lowest BCUT2D eigenvalue weighted by molar-refractivity contribution is -0.0496. The summed E-state index contributed by atoms with van der Waals surface area (Å²) in [4.78, 5) is 8.59. The average Bonchev–Trinajstić information content (AvgIpc) is 2.70. The van der Waals surface area contributed by atoms with E-state index >= 15 is 0 Å². The number of hydrogen-bond donors (Lipinski definition) is 2. The lowest BCUT2D eigenvalue weighted by Crippen LogP contribution is -2.47. The summed E-state index contributed by atoms with van der Waals surface area (Å²) in [6, 6.07) is 3.60. The summed E-state index contributed by atoms with van der Waals surface area (Å²) >= 11 is 0. The zero-order valence-corrected chi connectivity index (χ0v) is 17.2. The molecule has 1 aliphatic heterocycles. The van der Waals surface area contributed by atoms with Crippen LogP contribution in [0.15, 0.2) is 23.3 Å². The first kappa shape index (κ1) is 23.2. The van der Waals surface area contributed by atoms with Gasteiger partial charge in [-0.05, 0) is 31.2 Å². The second-order valence-corrected chi connectivity index (χ2v) is 8.51. The van der Waals surface area contributed by atoms with Gasteiger partial charge in [-0.2, -0.15) is 17.5 Å². The fourth-order valence-corrected chi connectivity index (χ4v) is 3.86. The lowest BCUT2D eigenvalue weighted by Gasteiger charge is -2.31. The first-order valence-electron chi connectivity index (χ1n) is 9.25. The largest absolute Gasteiger partial charge is 0.511 e. The highest BCUT2D eigenvalue weighted by molar-refractivity contribution is 7.90. The third-order valence-electron chi connectivity index (χ3n) is 4.53. The molecular weight excluding hydrogens is 411 g/mol. The number of nitrogens with one attached hydrogen (secondary N) is 2. The van der Waals surface area contributed by atoms with Crippen molar-refractivity contribution in [1.82, 2.24) is 19.9 Å². The van der Waals surface area contributed by atoms with E-state index in [2.05, 4.69) is 20.6 Å². The molecule has 2 heterocycles. The zero-order chi connectivity index (χ0) is 21.5. The van der Waals surface area contributed by atoms with Gasteiger partial charge in [0.05, 0.1) is 13.7 Å². The van der Waals surface area contributed by atoms with Crippen LogP contribution in [0.4, 0.5) is 13.2 Å². The predicted molar refractivity (Wildman–Crippen MR) is 103 cm³/mol. The fourth-order valence-electron chi connectivity index (χ4n) is 2.88. The number of ether oxygens (including phenoxy) is 1. The Balaban J connectivity index is 1.86. The van der Waals surface area contributed by atoms with Gasteiger partial charge >= 0.3 is 15.5 Å². The molecule has 0 aromatic carbocycles. The molecule has 0 atom stereocenters. The molecular formula is C17H26F3N5O3S. The highest BCUT2D eigenvalue weighted by atomic mass is 32.2. The molecule has 0 radical (unpaired) electrons. The quantitative estimate of drug-likeness (QED) is 0.498. The van der Waals surface area contributed by atoms with E-state index in [0.29, 0.717) is 48.6 Å². The Labute approximate surface area is 168 Å². The van der Waals surface area contributed by atoms with E-state index in [1.165, 1.54) is 7.11 Å². The number of methoxy groups -OCH3 is 1. The highest BCUT2D eigenvalue weighted by Gasteiger charge is 2.50. The number of aliphatic imine (C=N–C) groups is 1. The smallest absolute Gasteiger partial charge is 0.481 e. The van der Waals surface area contributed by atoms with E-state index < -0.39 is 15.5 Å². The number of hydrogen-bond acceptors (Lipinski definition) is 5. The number of pyridine rings is 1. The molecule has 8 nitrogen and oxygen atoms in total. The molecule has 0 spiro atoms. The van der Waals surface area contributed by atoms with Crippen LogP contribution in [0.1, 0.15) is 25.3 Å². The van der Waals surface area contributed by atoms with Gasteiger partial charge in [-0.15, -0.1) is 0 Å². The van der Waals surface area contributed by atoms with Gasteiger partial charge in [0.2, 0.25) is 5.88 Å². The van der Waals surface area contributed by atoms with Crippen LogP contribution in [-0.4, -0.2) is 62.5 Å². The molecule has 1 aliphatic rings. The third-order valence-corrected chi connectivity index (χ3v) is 6.16.